The fraction of sp³-hybridized carbons (Fsp3) is 0.185. The topological polar surface area (TPSA) is 84.3 Å². The molecule has 10 heteroatoms. The van der Waals surface area contributed by atoms with E-state index in [0.717, 1.165) is 28.5 Å². The number of carbonyl (C=O) groups is 1. The molecule has 1 fully saturated rings. The summed E-state index contributed by atoms with van der Waals surface area (Å²) in [6.07, 6.45) is 5.37. The Balaban J connectivity index is 1.61. The minimum absolute atomic E-state index is 0.0588. The zero-order valence-corrected chi connectivity index (χ0v) is 21.8. The van der Waals surface area contributed by atoms with Crippen molar-refractivity contribution in [3.05, 3.63) is 101 Å². The van der Waals surface area contributed by atoms with E-state index in [-0.39, 0.29) is 24.6 Å². The van der Waals surface area contributed by atoms with Crippen molar-refractivity contribution in [2.24, 2.45) is 0 Å². The third kappa shape index (κ3) is 4.93. The lowest BCUT2D eigenvalue weighted by atomic mass is 10.0. The predicted octanol–water partition coefficient (Wildman–Crippen LogP) is 4.99. The lowest BCUT2D eigenvalue weighted by Gasteiger charge is -2.29. The molecule has 0 aliphatic carbocycles. The molecule has 3 aromatic heterocycles. The summed E-state index contributed by atoms with van der Waals surface area (Å²) in [6, 6.07) is 19.0. The number of amides is 1. The minimum Gasteiger partial charge on any atom is -0.375 e. The number of ether oxygens (including phenoxy) is 1. The molecule has 2 N–H and O–H groups in total. The standard InChI is InChI=1S/C27H25ClN6O2S/c1-17-8-11-23(33(17)19-6-5-12-29-15-19)26-25(22-7-3-4-13-30-22)32-27(37)34(26)18-9-10-21(20(28)14-18)31-24(35)16-36-2/h3-15,25-26H,16H2,1-2H3,(H,31,35)(H,32,37)/t25-,26+/m0/s1. The molecule has 0 spiro atoms. The van der Waals surface area contributed by atoms with Gasteiger partial charge in [0.2, 0.25) is 5.91 Å². The largest absolute Gasteiger partial charge is 0.375 e. The van der Waals surface area contributed by atoms with Gasteiger partial charge in [-0.15, -0.1) is 0 Å². The van der Waals surface area contributed by atoms with Crippen LogP contribution in [0.25, 0.3) is 5.69 Å². The van der Waals surface area contributed by atoms with Crippen LogP contribution in [0.4, 0.5) is 11.4 Å². The molecule has 0 bridgehead atoms. The first kappa shape index (κ1) is 24.9. The number of thiocarbonyl (C=S) groups is 1. The molecule has 1 amide bonds. The van der Waals surface area contributed by atoms with Crippen molar-refractivity contribution in [2.75, 3.05) is 23.9 Å². The summed E-state index contributed by atoms with van der Waals surface area (Å²) in [5.41, 5.74) is 5.18. The first-order valence-corrected chi connectivity index (χ1v) is 12.4. The molecule has 8 nitrogen and oxygen atoms in total. The van der Waals surface area contributed by atoms with Gasteiger partial charge in [0.1, 0.15) is 12.6 Å². The van der Waals surface area contributed by atoms with Crippen LogP contribution in [0.1, 0.15) is 29.2 Å². The molecule has 188 valence electrons. The summed E-state index contributed by atoms with van der Waals surface area (Å²) in [5, 5.41) is 7.18. The highest BCUT2D eigenvalue weighted by Crippen LogP contribution is 2.43. The van der Waals surface area contributed by atoms with Crippen LogP contribution in [-0.4, -0.2) is 39.3 Å². The number of nitrogens with zero attached hydrogens (tertiary/aromatic N) is 4. The number of anilines is 2. The third-order valence-electron chi connectivity index (χ3n) is 6.19. The van der Waals surface area contributed by atoms with E-state index in [4.69, 9.17) is 28.6 Å². The Morgan fingerprint density at radius 3 is 2.70 bits per heavy atom. The number of benzene rings is 1. The second kappa shape index (κ2) is 10.7. The van der Waals surface area contributed by atoms with E-state index in [2.05, 4.69) is 44.2 Å². The van der Waals surface area contributed by atoms with Crippen LogP contribution in [-0.2, 0) is 9.53 Å². The van der Waals surface area contributed by atoms with Gasteiger partial charge < -0.3 is 24.8 Å². The van der Waals surface area contributed by atoms with E-state index < -0.39 is 0 Å². The molecule has 1 aliphatic heterocycles. The van der Waals surface area contributed by atoms with Gasteiger partial charge in [-0.3, -0.25) is 14.8 Å². The first-order chi connectivity index (χ1) is 18.0. The van der Waals surface area contributed by atoms with Crippen LogP contribution in [0.3, 0.4) is 0 Å². The fourth-order valence-corrected chi connectivity index (χ4v) is 5.20. The van der Waals surface area contributed by atoms with E-state index in [0.29, 0.717) is 15.8 Å². The molecule has 0 unspecified atom stereocenters. The van der Waals surface area contributed by atoms with E-state index in [9.17, 15) is 4.79 Å². The summed E-state index contributed by atoms with van der Waals surface area (Å²) in [7, 11) is 1.47. The van der Waals surface area contributed by atoms with Gasteiger partial charge in [0.05, 0.1) is 34.3 Å². The Bertz CT molecular complexity index is 1430. The fourth-order valence-electron chi connectivity index (χ4n) is 4.63. The van der Waals surface area contributed by atoms with Crippen LogP contribution in [0.2, 0.25) is 5.02 Å². The van der Waals surface area contributed by atoms with Crippen molar-refractivity contribution < 1.29 is 9.53 Å². The lowest BCUT2D eigenvalue weighted by molar-refractivity contribution is -0.119. The number of aryl methyl sites for hydroxylation is 1. The highest BCUT2D eigenvalue weighted by molar-refractivity contribution is 7.80. The number of rotatable bonds is 7. The molecule has 1 saturated heterocycles. The second-order valence-corrected chi connectivity index (χ2v) is 9.38. The van der Waals surface area contributed by atoms with Gasteiger partial charge in [-0.05, 0) is 73.7 Å². The first-order valence-electron chi connectivity index (χ1n) is 11.7. The summed E-state index contributed by atoms with van der Waals surface area (Å²) < 4.78 is 7.08. The molecule has 1 aliphatic rings. The Morgan fingerprint density at radius 1 is 1.14 bits per heavy atom. The average molecular weight is 533 g/mol. The van der Waals surface area contributed by atoms with Gasteiger partial charge in [0, 0.05) is 36.6 Å². The number of nitrogens with one attached hydrogen (secondary N) is 2. The Labute approximate surface area is 225 Å². The maximum absolute atomic E-state index is 12.0. The molecule has 4 heterocycles. The highest BCUT2D eigenvalue weighted by atomic mass is 35.5. The van der Waals surface area contributed by atoms with Gasteiger partial charge in [0.25, 0.3) is 0 Å². The summed E-state index contributed by atoms with van der Waals surface area (Å²) in [5.74, 6) is -0.284. The molecule has 5 rings (SSSR count). The van der Waals surface area contributed by atoms with Crippen LogP contribution in [0, 0.1) is 6.92 Å². The maximum atomic E-state index is 12.0. The summed E-state index contributed by atoms with van der Waals surface area (Å²) in [4.78, 5) is 23.0. The van der Waals surface area contributed by atoms with E-state index >= 15 is 0 Å². The van der Waals surface area contributed by atoms with Crippen molar-refractivity contribution in [1.29, 1.82) is 0 Å². The minimum atomic E-state index is -0.284. The number of methoxy groups -OCH3 is 1. The maximum Gasteiger partial charge on any atom is 0.250 e. The molecule has 1 aromatic carbocycles. The van der Waals surface area contributed by atoms with Gasteiger partial charge >= 0.3 is 0 Å². The molecular weight excluding hydrogens is 508 g/mol. The van der Waals surface area contributed by atoms with Crippen LogP contribution < -0.4 is 15.5 Å². The monoisotopic (exact) mass is 532 g/mol. The zero-order chi connectivity index (χ0) is 25.9. The molecule has 2 atom stereocenters. The number of pyridine rings is 2. The molecule has 4 aromatic rings. The smallest absolute Gasteiger partial charge is 0.250 e. The Hall–Kier alpha value is -3.79. The zero-order valence-electron chi connectivity index (χ0n) is 20.3. The van der Waals surface area contributed by atoms with E-state index in [1.54, 1.807) is 24.5 Å². The van der Waals surface area contributed by atoms with Crippen molar-refractivity contribution in [2.45, 2.75) is 19.0 Å². The van der Waals surface area contributed by atoms with Crippen molar-refractivity contribution in [3.63, 3.8) is 0 Å². The molecule has 37 heavy (non-hydrogen) atoms. The van der Waals surface area contributed by atoms with Crippen molar-refractivity contribution in [3.8, 4) is 5.69 Å². The van der Waals surface area contributed by atoms with Gasteiger partial charge in [-0.2, -0.15) is 0 Å². The van der Waals surface area contributed by atoms with E-state index in [1.807, 2.05) is 47.5 Å². The number of carbonyl (C=O) groups excluding carboxylic acids is 1. The summed E-state index contributed by atoms with van der Waals surface area (Å²) in [6.45, 7) is 2.00. The molecule has 0 saturated carbocycles. The predicted molar refractivity (Wildman–Crippen MR) is 148 cm³/mol. The normalized spacial score (nSPS) is 17.1. The SMILES string of the molecule is COCC(=O)Nc1ccc(N2C(=S)N[C@@H](c3ccccn3)[C@H]2c2ccc(C)n2-c2cccnc2)cc1Cl. The highest BCUT2D eigenvalue weighted by Gasteiger charge is 2.42. The van der Waals surface area contributed by atoms with Crippen LogP contribution >= 0.6 is 23.8 Å². The van der Waals surface area contributed by atoms with Gasteiger partial charge in [-0.25, -0.2) is 0 Å². The quantitative estimate of drug-likeness (QED) is 0.324. The third-order valence-corrected chi connectivity index (χ3v) is 6.82. The molecule has 0 radical (unpaired) electrons. The number of hydrogen-bond donors (Lipinski definition) is 2. The van der Waals surface area contributed by atoms with Gasteiger partial charge in [0.15, 0.2) is 5.11 Å². The Morgan fingerprint density at radius 2 is 2.00 bits per heavy atom. The number of halogens is 1. The summed E-state index contributed by atoms with van der Waals surface area (Å²) >= 11 is 12.5. The number of aromatic nitrogens is 3. The van der Waals surface area contributed by atoms with Crippen molar-refractivity contribution >= 4 is 46.2 Å². The molecular formula is C27H25ClN6O2S. The number of hydrogen-bond acceptors (Lipinski definition) is 5. The lowest BCUT2D eigenvalue weighted by Crippen LogP contribution is -2.30. The van der Waals surface area contributed by atoms with Gasteiger partial charge in [-0.1, -0.05) is 17.7 Å². The average Bonchev–Trinajstić information content (AvgIpc) is 3.45. The second-order valence-electron chi connectivity index (χ2n) is 8.59. The van der Waals surface area contributed by atoms with Crippen LogP contribution in [0.15, 0.2) is 79.3 Å². The van der Waals surface area contributed by atoms with Crippen molar-refractivity contribution in [1.82, 2.24) is 19.9 Å². The van der Waals surface area contributed by atoms with Crippen LogP contribution in [0.5, 0.6) is 0 Å². The Kier molecular flexibility index (Phi) is 7.18. The van der Waals surface area contributed by atoms with E-state index in [1.165, 1.54) is 7.11 Å².